The normalized spacial score (nSPS) is 14.8. The van der Waals surface area contributed by atoms with Crippen LogP contribution in [0, 0.1) is 0 Å². The van der Waals surface area contributed by atoms with Gasteiger partial charge in [0.1, 0.15) is 10.0 Å². The Hall–Kier alpha value is -0.970. The van der Waals surface area contributed by atoms with Crippen LogP contribution in [0.25, 0.3) is 10.6 Å². The Morgan fingerprint density at radius 1 is 1.21 bits per heavy atom. The van der Waals surface area contributed by atoms with Crippen LogP contribution in [0.1, 0.15) is 24.3 Å². The lowest BCUT2D eigenvalue weighted by atomic mass is 10.2. The van der Waals surface area contributed by atoms with Crippen molar-refractivity contribution in [1.29, 1.82) is 0 Å². The van der Waals surface area contributed by atoms with Gasteiger partial charge in [-0.3, -0.25) is 0 Å². The van der Waals surface area contributed by atoms with Crippen molar-refractivity contribution in [3.8, 4) is 10.6 Å². The van der Waals surface area contributed by atoms with E-state index in [9.17, 15) is 0 Å². The lowest BCUT2D eigenvalue weighted by Crippen LogP contribution is -2.17. The Kier molecular flexibility index (Phi) is 4.11. The third-order valence-electron chi connectivity index (χ3n) is 3.14. The van der Waals surface area contributed by atoms with E-state index in [1.54, 1.807) is 11.3 Å². The number of aromatic nitrogens is 2. The molecule has 0 unspecified atom stereocenters. The van der Waals surface area contributed by atoms with Crippen LogP contribution in [-0.2, 0) is 6.42 Å². The highest BCUT2D eigenvalue weighted by atomic mass is 35.5. The summed E-state index contributed by atoms with van der Waals surface area (Å²) in [7, 11) is 0. The second-order valence-corrected chi connectivity index (χ2v) is 6.34. The summed E-state index contributed by atoms with van der Waals surface area (Å²) in [6.07, 6.45) is 4.83. The van der Waals surface area contributed by atoms with Crippen molar-refractivity contribution in [3.63, 3.8) is 0 Å². The van der Waals surface area contributed by atoms with Gasteiger partial charge in [-0.25, -0.2) is 0 Å². The molecular formula is C14H16ClN3S. The molecule has 0 bridgehead atoms. The van der Waals surface area contributed by atoms with E-state index in [1.807, 2.05) is 24.3 Å². The maximum absolute atomic E-state index is 5.88. The van der Waals surface area contributed by atoms with Crippen molar-refractivity contribution in [1.82, 2.24) is 15.5 Å². The maximum atomic E-state index is 5.88. The first-order valence-electron chi connectivity index (χ1n) is 6.63. The molecule has 19 heavy (non-hydrogen) atoms. The molecule has 1 aliphatic carbocycles. The first-order chi connectivity index (χ1) is 9.31. The quantitative estimate of drug-likeness (QED) is 0.828. The molecule has 0 aliphatic heterocycles. The van der Waals surface area contributed by atoms with Crippen LogP contribution in [-0.4, -0.2) is 22.8 Å². The van der Waals surface area contributed by atoms with Gasteiger partial charge < -0.3 is 5.32 Å². The topological polar surface area (TPSA) is 37.8 Å². The van der Waals surface area contributed by atoms with E-state index in [2.05, 4.69) is 15.5 Å². The first kappa shape index (κ1) is 13.0. The number of benzene rings is 1. The van der Waals surface area contributed by atoms with Crippen LogP contribution in [0.5, 0.6) is 0 Å². The molecular weight excluding hydrogens is 278 g/mol. The molecule has 2 aromatic rings. The first-order valence-corrected chi connectivity index (χ1v) is 7.82. The van der Waals surface area contributed by atoms with Crippen molar-refractivity contribution < 1.29 is 0 Å². The minimum atomic E-state index is 0.750. The third-order valence-corrected chi connectivity index (χ3v) is 4.42. The Labute approximate surface area is 122 Å². The fourth-order valence-corrected chi connectivity index (χ4v) is 2.91. The Morgan fingerprint density at radius 3 is 2.74 bits per heavy atom. The Morgan fingerprint density at radius 2 is 2.00 bits per heavy atom. The highest BCUT2D eigenvalue weighted by Gasteiger charge is 2.19. The van der Waals surface area contributed by atoms with E-state index in [0.717, 1.165) is 46.0 Å². The van der Waals surface area contributed by atoms with Crippen LogP contribution in [0.3, 0.4) is 0 Å². The van der Waals surface area contributed by atoms with Gasteiger partial charge in [0.25, 0.3) is 0 Å². The van der Waals surface area contributed by atoms with Gasteiger partial charge in [-0.2, -0.15) is 0 Å². The second-order valence-electron chi connectivity index (χ2n) is 4.84. The van der Waals surface area contributed by atoms with Crippen molar-refractivity contribution >= 4 is 22.9 Å². The molecule has 3 rings (SSSR count). The van der Waals surface area contributed by atoms with E-state index in [0.29, 0.717) is 0 Å². The van der Waals surface area contributed by atoms with Gasteiger partial charge in [0.15, 0.2) is 0 Å². The molecule has 0 spiro atoms. The summed E-state index contributed by atoms with van der Waals surface area (Å²) in [4.78, 5) is 0. The second kappa shape index (κ2) is 5.99. The van der Waals surface area contributed by atoms with E-state index < -0.39 is 0 Å². The van der Waals surface area contributed by atoms with Crippen LogP contribution in [0.15, 0.2) is 24.3 Å². The smallest absolute Gasteiger partial charge is 0.147 e. The lowest BCUT2D eigenvalue weighted by molar-refractivity contribution is 0.643. The van der Waals surface area contributed by atoms with Gasteiger partial charge in [-0.15, -0.1) is 10.2 Å². The van der Waals surface area contributed by atoms with E-state index >= 15 is 0 Å². The van der Waals surface area contributed by atoms with E-state index in [4.69, 9.17) is 11.6 Å². The number of halogens is 1. The number of hydrogen-bond donors (Lipinski definition) is 1. The molecule has 1 saturated carbocycles. The zero-order valence-corrected chi connectivity index (χ0v) is 12.2. The van der Waals surface area contributed by atoms with Gasteiger partial charge in [0, 0.05) is 23.0 Å². The molecule has 1 aromatic heterocycles. The molecule has 0 radical (unpaired) electrons. The van der Waals surface area contributed by atoms with Crippen molar-refractivity contribution in [2.24, 2.45) is 0 Å². The Bertz CT molecular complexity index is 534. The summed E-state index contributed by atoms with van der Waals surface area (Å²) in [5, 5.41) is 14.9. The molecule has 1 aromatic carbocycles. The number of rotatable bonds is 6. The molecule has 0 amide bonds. The summed E-state index contributed by atoms with van der Waals surface area (Å²) in [6.45, 7) is 1.08. The molecule has 0 saturated heterocycles. The van der Waals surface area contributed by atoms with Crippen LogP contribution in [0.4, 0.5) is 0 Å². The van der Waals surface area contributed by atoms with Gasteiger partial charge in [-0.05, 0) is 37.9 Å². The number of nitrogens with one attached hydrogen (secondary N) is 1. The fraction of sp³-hybridized carbons (Fsp3) is 0.429. The number of nitrogens with zero attached hydrogens (tertiary/aromatic N) is 2. The molecule has 1 aliphatic rings. The van der Waals surface area contributed by atoms with Crippen molar-refractivity contribution in [2.45, 2.75) is 31.7 Å². The van der Waals surface area contributed by atoms with Gasteiger partial charge in [-0.1, -0.05) is 35.1 Å². The third kappa shape index (κ3) is 3.75. The zero-order chi connectivity index (χ0) is 13.1. The van der Waals surface area contributed by atoms with Crippen LogP contribution < -0.4 is 5.32 Å². The molecule has 100 valence electrons. The molecule has 3 nitrogen and oxygen atoms in total. The molecule has 0 atom stereocenters. The molecule has 1 N–H and O–H groups in total. The highest BCUT2D eigenvalue weighted by Crippen LogP contribution is 2.25. The average Bonchev–Trinajstić information content (AvgIpc) is 3.13. The van der Waals surface area contributed by atoms with E-state index in [1.165, 1.54) is 12.8 Å². The summed E-state index contributed by atoms with van der Waals surface area (Å²) in [5.74, 6) is 0. The molecule has 1 heterocycles. The predicted octanol–water partition coefficient (Wildman–Crippen LogP) is 3.54. The number of aryl methyl sites for hydroxylation is 1. The number of hydrogen-bond acceptors (Lipinski definition) is 4. The predicted molar refractivity (Wildman–Crippen MR) is 79.7 cm³/mol. The minimum Gasteiger partial charge on any atom is -0.314 e. The van der Waals surface area contributed by atoms with Crippen molar-refractivity contribution in [3.05, 3.63) is 34.3 Å². The fourth-order valence-electron chi connectivity index (χ4n) is 1.90. The zero-order valence-electron chi connectivity index (χ0n) is 10.6. The van der Waals surface area contributed by atoms with Gasteiger partial charge >= 0.3 is 0 Å². The highest BCUT2D eigenvalue weighted by molar-refractivity contribution is 7.14. The largest absolute Gasteiger partial charge is 0.314 e. The van der Waals surface area contributed by atoms with Gasteiger partial charge in [0.2, 0.25) is 0 Å². The monoisotopic (exact) mass is 293 g/mol. The molecule has 5 heteroatoms. The maximum Gasteiger partial charge on any atom is 0.147 e. The van der Waals surface area contributed by atoms with Crippen molar-refractivity contribution in [2.75, 3.05) is 6.54 Å². The Balaban J connectivity index is 1.54. The van der Waals surface area contributed by atoms with E-state index in [-0.39, 0.29) is 0 Å². The SMILES string of the molecule is Clc1ccc(-c2nnc(CCCNC3CC3)s2)cc1. The standard InChI is InChI=1S/C14H16ClN3S/c15-11-5-3-10(4-6-11)14-18-17-13(19-14)2-1-9-16-12-7-8-12/h3-6,12,16H,1-2,7-9H2. The molecule has 1 fully saturated rings. The van der Waals surface area contributed by atoms with Gasteiger partial charge in [0.05, 0.1) is 0 Å². The minimum absolute atomic E-state index is 0.750. The summed E-state index contributed by atoms with van der Waals surface area (Å²) in [5.41, 5.74) is 1.09. The van der Waals surface area contributed by atoms with Crippen LogP contribution in [0.2, 0.25) is 5.02 Å². The summed E-state index contributed by atoms with van der Waals surface area (Å²) in [6, 6.07) is 8.54. The average molecular weight is 294 g/mol. The van der Waals surface area contributed by atoms with Crippen LogP contribution >= 0.6 is 22.9 Å². The lowest BCUT2D eigenvalue weighted by Gasteiger charge is -1.99. The summed E-state index contributed by atoms with van der Waals surface area (Å²) >= 11 is 7.55. The summed E-state index contributed by atoms with van der Waals surface area (Å²) < 4.78 is 0.